The van der Waals surface area contributed by atoms with Crippen LogP contribution in [0.25, 0.3) is 0 Å². The van der Waals surface area contributed by atoms with E-state index in [0.717, 1.165) is 6.42 Å². The summed E-state index contributed by atoms with van der Waals surface area (Å²) in [4.78, 5) is 2.38. The molecule has 2 nitrogen and oxygen atoms in total. The number of aryl methyl sites for hydroxylation is 1. The molecule has 0 saturated heterocycles. The summed E-state index contributed by atoms with van der Waals surface area (Å²) < 4.78 is 0. The van der Waals surface area contributed by atoms with Crippen LogP contribution in [0.1, 0.15) is 62.6 Å². The van der Waals surface area contributed by atoms with Gasteiger partial charge in [-0.2, -0.15) is 0 Å². The highest BCUT2D eigenvalue weighted by atomic mass is 15.2. The summed E-state index contributed by atoms with van der Waals surface area (Å²) in [6, 6.07) is 9.06. The number of nitrogens with two attached hydrogens (primary N) is 1. The average molecular weight is 274 g/mol. The number of hydrogen-bond donors (Lipinski definition) is 1. The summed E-state index contributed by atoms with van der Waals surface area (Å²) in [5.41, 5.74) is 9.60. The van der Waals surface area contributed by atoms with Crippen LogP contribution in [-0.2, 0) is 6.42 Å². The first kappa shape index (κ1) is 15.5. The predicted octanol–water partition coefficient (Wildman–Crippen LogP) is 3.90. The van der Waals surface area contributed by atoms with Crippen LogP contribution in [0.5, 0.6) is 0 Å². The van der Waals surface area contributed by atoms with Crippen molar-refractivity contribution in [2.24, 2.45) is 5.73 Å². The van der Waals surface area contributed by atoms with Crippen molar-refractivity contribution in [3.63, 3.8) is 0 Å². The highest BCUT2D eigenvalue weighted by Crippen LogP contribution is 2.40. The minimum absolute atomic E-state index is 0.120. The van der Waals surface area contributed by atoms with Crippen LogP contribution in [0.15, 0.2) is 24.3 Å². The van der Waals surface area contributed by atoms with Crippen molar-refractivity contribution in [3.8, 4) is 0 Å². The summed E-state index contributed by atoms with van der Waals surface area (Å²) in [6.45, 7) is 2.23. The number of benzene rings is 1. The summed E-state index contributed by atoms with van der Waals surface area (Å²) >= 11 is 0. The van der Waals surface area contributed by atoms with Gasteiger partial charge in [-0.1, -0.05) is 56.9 Å². The number of hydrogen-bond acceptors (Lipinski definition) is 2. The molecule has 2 heteroatoms. The largest absolute Gasteiger partial charge is 0.322 e. The van der Waals surface area contributed by atoms with E-state index in [2.05, 4.69) is 50.2 Å². The Morgan fingerprint density at radius 3 is 2.50 bits per heavy atom. The lowest BCUT2D eigenvalue weighted by Crippen LogP contribution is -2.53. The summed E-state index contributed by atoms with van der Waals surface area (Å²) in [5, 5.41) is 0. The molecule has 0 aliphatic heterocycles. The topological polar surface area (TPSA) is 29.3 Å². The lowest BCUT2D eigenvalue weighted by atomic mass is 9.73. The fourth-order valence-electron chi connectivity index (χ4n) is 3.74. The predicted molar refractivity (Wildman–Crippen MR) is 86.9 cm³/mol. The van der Waals surface area contributed by atoms with Crippen LogP contribution in [0.3, 0.4) is 0 Å². The molecule has 2 rings (SSSR count). The molecule has 1 atom stereocenters. The molecule has 1 aliphatic rings. The van der Waals surface area contributed by atoms with E-state index in [1.165, 1.54) is 49.7 Å². The Balaban J connectivity index is 2.27. The van der Waals surface area contributed by atoms with Gasteiger partial charge >= 0.3 is 0 Å². The van der Waals surface area contributed by atoms with Crippen molar-refractivity contribution in [1.82, 2.24) is 4.90 Å². The van der Waals surface area contributed by atoms with Crippen molar-refractivity contribution in [2.45, 2.75) is 63.5 Å². The molecule has 0 amide bonds. The zero-order valence-electron chi connectivity index (χ0n) is 13.4. The van der Waals surface area contributed by atoms with E-state index < -0.39 is 0 Å². The normalized spacial score (nSPS) is 20.1. The standard InChI is InChI=1S/C18H30N2/c1-4-9-15-10-8-11-16(14-15)17(19)18(20(2)3)12-6-5-7-13-18/h8,10-11,14,17H,4-7,9,12-13,19H2,1-3H3. The first-order valence-electron chi connectivity index (χ1n) is 8.12. The average Bonchev–Trinajstić information content (AvgIpc) is 2.47. The van der Waals surface area contributed by atoms with Crippen molar-refractivity contribution in [3.05, 3.63) is 35.4 Å². The maximum Gasteiger partial charge on any atom is 0.0482 e. The molecule has 0 aromatic heterocycles. The Bertz CT molecular complexity index is 419. The lowest BCUT2D eigenvalue weighted by molar-refractivity contribution is 0.0713. The lowest BCUT2D eigenvalue weighted by Gasteiger charge is -2.47. The van der Waals surface area contributed by atoms with E-state index in [1.807, 2.05) is 0 Å². The van der Waals surface area contributed by atoms with Gasteiger partial charge < -0.3 is 10.6 Å². The monoisotopic (exact) mass is 274 g/mol. The number of rotatable bonds is 5. The third kappa shape index (κ3) is 3.07. The van der Waals surface area contributed by atoms with Gasteiger partial charge in [-0.15, -0.1) is 0 Å². The third-order valence-corrected chi connectivity index (χ3v) is 5.04. The third-order valence-electron chi connectivity index (χ3n) is 5.04. The molecule has 2 N–H and O–H groups in total. The molecule has 0 radical (unpaired) electrons. The van der Waals surface area contributed by atoms with Crippen LogP contribution in [0.4, 0.5) is 0 Å². The highest BCUT2D eigenvalue weighted by Gasteiger charge is 2.40. The molecular formula is C18H30N2. The summed E-state index contributed by atoms with van der Waals surface area (Å²) in [7, 11) is 4.39. The molecule has 0 bridgehead atoms. The molecule has 1 aromatic carbocycles. The second kappa shape index (κ2) is 6.73. The van der Waals surface area contributed by atoms with Crippen molar-refractivity contribution in [1.29, 1.82) is 0 Å². The Kier molecular flexibility index (Phi) is 5.22. The van der Waals surface area contributed by atoms with Gasteiger partial charge in [0, 0.05) is 11.6 Å². The van der Waals surface area contributed by atoms with E-state index in [4.69, 9.17) is 5.73 Å². The maximum absolute atomic E-state index is 6.73. The molecular weight excluding hydrogens is 244 g/mol. The first-order valence-corrected chi connectivity index (χ1v) is 8.12. The molecule has 1 aliphatic carbocycles. The van der Waals surface area contributed by atoms with Gasteiger partial charge in [0.15, 0.2) is 0 Å². The minimum atomic E-state index is 0.120. The Labute approximate surface area is 124 Å². The molecule has 112 valence electrons. The van der Waals surface area contributed by atoms with Crippen LogP contribution >= 0.6 is 0 Å². The van der Waals surface area contributed by atoms with Gasteiger partial charge in [-0.3, -0.25) is 0 Å². The molecule has 1 unspecified atom stereocenters. The Morgan fingerprint density at radius 2 is 1.90 bits per heavy atom. The highest BCUT2D eigenvalue weighted by molar-refractivity contribution is 5.29. The molecule has 0 spiro atoms. The van der Waals surface area contributed by atoms with Gasteiger partial charge in [0.2, 0.25) is 0 Å². The molecule has 1 fully saturated rings. The van der Waals surface area contributed by atoms with E-state index in [9.17, 15) is 0 Å². The van der Waals surface area contributed by atoms with E-state index in [-0.39, 0.29) is 11.6 Å². The zero-order valence-corrected chi connectivity index (χ0v) is 13.4. The van der Waals surface area contributed by atoms with Gasteiger partial charge in [0.25, 0.3) is 0 Å². The molecule has 20 heavy (non-hydrogen) atoms. The SMILES string of the molecule is CCCc1cccc(C(N)C2(N(C)C)CCCCC2)c1. The Hall–Kier alpha value is -0.860. The number of likely N-dealkylation sites (N-methyl/N-ethyl adjacent to an activating group) is 1. The van der Waals surface area contributed by atoms with Crippen LogP contribution in [0, 0.1) is 0 Å². The van der Waals surface area contributed by atoms with Crippen LogP contribution < -0.4 is 5.73 Å². The van der Waals surface area contributed by atoms with Gasteiger partial charge in [0.05, 0.1) is 0 Å². The maximum atomic E-state index is 6.73. The fraction of sp³-hybridized carbons (Fsp3) is 0.667. The smallest absolute Gasteiger partial charge is 0.0482 e. The second-order valence-corrected chi connectivity index (χ2v) is 6.53. The molecule has 1 saturated carbocycles. The van der Waals surface area contributed by atoms with Crippen LogP contribution in [-0.4, -0.2) is 24.5 Å². The summed E-state index contributed by atoms with van der Waals surface area (Å²) in [5.74, 6) is 0. The fourth-order valence-corrected chi connectivity index (χ4v) is 3.74. The number of nitrogens with zero attached hydrogens (tertiary/aromatic N) is 1. The zero-order chi connectivity index (χ0) is 14.6. The van der Waals surface area contributed by atoms with Gasteiger partial charge in [-0.05, 0) is 44.5 Å². The quantitative estimate of drug-likeness (QED) is 0.882. The van der Waals surface area contributed by atoms with E-state index in [0.29, 0.717) is 0 Å². The Morgan fingerprint density at radius 1 is 1.20 bits per heavy atom. The van der Waals surface area contributed by atoms with Gasteiger partial charge in [-0.25, -0.2) is 0 Å². The van der Waals surface area contributed by atoms with Crippen molar-refractivity contribution < 1.29 is 0 Å². The minimum Gasteiger partial charge on any atom is -0.322 e. The van der Waals surface area contributed by atoms with Crippen LogP contribution in [0.2, 0.25) is 0 Å². The second-order valence-electron chi connectivity index (χ2n) is 6.53. The van der Waals surface area contributed by atoms with Crippen molar-refractivity contribution >= 4 is 0 Å². The van der Waals surface area contributed by atoms with E-state index in [1.54, 1.807) is 0 Å². The van der Waals surface area contributed by atoms with Crippen molar-refractivity contribution in [2.75, 3.05) is 14.1 Å². The molecule has 1 aromatic rings. The first-order chi connectivity index (χ1) is 9.60. The van der Waals surface area contributed by atoms with E-state index >= 15 is 0 Å². The molecule has 0 heterocycles. The van der Waals surface area contributed by atoms with Gasteiger partial charge in [0.1, 0.15) is 0 Å². The summed E-state index contributed by atoms with van der Waals surface area (Å²) in [6.07, 6.45) is 8.75.